The van der Waals surface area contributed by atoms with Gasteiger partial charge in [-0.3, -0.25) is 10.2 Å². The van der Waals surface area contributed by atoms with E-state index in [-0.39, 0.29) is 0 Å². The highest BCUT2D eigenvalue weighted by Gasteiger charge is 2.06. The molecule has 0 atom stereocenters. The third-order valence-electron chi connectivity index (χ3n) is 3.10. The fraction of sp³-hybridized carbons (Fsp3) is 0.214. The maximum atomic E-state index is 4.13. The van der Waals surface area contributed by atoms with Crippen LogP contribution in [-0.2, 0) is 13.0 Å². The minimum absolute atomic E-state index is 0.773. The van der Waals surface area contributed by atoms with Crippen molar-refractivity contribution in [3.63, 3.8) is 0 Å². The van der Waals surface area contributed by atoms with Crippen LogP contribution in [0.2, 0.25) is 0 Å². The molecule has 0 spiro atoms. The van der Waals surface area contributed by atoms with Crippen LogP contribution in [0.3, 0.4) is 0 Å². The number of benzene rings is 1. The average Bonchev–Trinajstić information content (AvgIpc) is 3.16. The molecule has 3 aromatic rings. The Morgan fingerprint density at radius 1 is 1.05 bits per heavy atom. The second-order valence-electron chi connectivity index (χ2n) is 4.50. The number of H-pyrrole nitrogens is 2. The summed E-state index contributed by atoms with van der Waals surface area (Å²) in [4.78, 5) is 4.09. The lowest BCUT2D eigenvalue weighted by atomic mass is 10.1. The molecular formula is C14H16N6. The van der Waals surface area contributed by atoms with Gasteiger partial charge in [0.2, 0.25) is 0 Å². The van der Waals surface area contributed by atoms with Crippen LogP contribution in [0.15, 0.2) is 42.9 Å². The smallest absolute Gasteiger partial charge is 0.137 e. The third kappa shape index (κ3) is 2.92. The molecule has 1 aromatic carbocycles. The minimum atomic E-state index is 0.773. The summed E-state index contributed by atoms with van der Waals surface area (Å²) in [5.41, 5.74) is 3.38. The molecule has 3 N–H and O–H groups in total. The Morgan fingerprint density at radius 3 is 2.75 bits per heavy atom. The van der Waals surface area contributed by atoms with Crippen LogP contribution in [0.25, 0.3) is 11.3 Å². The number of hydrogen-bond acceptors (Lipinski definition) is 4. The second kappa shape index (κ2) is 6.12. The van der Waals surface area contributed by atoms with Crippen LogP contribution >= 0.6 is 0 Å². The molecule has 2 aromatic heterocycles. The standard InChI is InChI=1S/C14H16N6/c1-2-4-11(5-3-1)14-12(9-17-20-14)8-15-7-6-13-16-10-18-19-13/h1-5,9-10,15H,6-8H2,(H,17,20)(H,16,18,19). The number of aromatic amines is 2. The van der Waals surface area contributed by atoms with Crippen molar-refractivity contribution in [2.24, 2.45) is 0 Å². The summed E-state index contributed by atoms with van der Waals surface area (Å²) < 4.78 is 0. The van der Waals surface area contributed by atoms with E-state index >= 15 is 0 Å². The van der Waals surface area contributed by atoms with Gasteiger partial charge in [0.25, 0.3) is 0 Å². The number of rotatable bonds is 6. The Bertz CT molecular complexity index is 629. The van der Waals surface area contributed by atoms with E-state index in [0.717, 1.165) is 42.2 Å². The second-order valence-corrected chi connectivity index (χ2v) is 4.50. The predicted molar refractivity (Wildman–Crippen MR) is 75.8 cm³/mol. The summed E-state index contributed by atoms with van der Waals surface area (Å²) in [6, 6.07) is 10.2. The molecule has 0 aliphatic rings. The van der Waals surface area contributed by atoms with Crippen LogP contribution in [0.1, 0.15) is 11.4 Å². The van der Waals surface area contributed by atoms with Gasteiger partial charge in [-0.05, 0) is 5.56 Å². The van der Waals surface area contributed by atoms with Crippen molar-refractivity contribution in [2.75, 3.05) is 6.54 Å². The van der Waals surface area contributed by atoms with E-state index in [1.165, 1.54) is 6.33 Å². The van der Waals surface area contributed by atoms with Gasteiger partial charge in [0.15, 0.2) is 0 Å². The zero-order chi connectivity index (χ0) is 13.6. The van der Waals surface area contributed by atoms with Gasteiger partial charge >= 0.3 is 0 Å². The SMILES string of the molecule is c1ccc(-c2[nH]ncc2CNCCc2ncn[nH]2)cc1. The van der Waals surface area contributed by atoms with E-state index in [9.17, 15) is 0 Å². The highest BCUT2D eigenvalue weighted by molar-refractivity contribution is 5.62. The molecule has 6 heteroatoms. The van der Waals surface area contributed by atoms with Gasteiger partial charge in [-0.2, -0.15) is 10.2 Å². The zero-order valence-corrected chi connectivity index (χ0v) is 11.0. The largest absolute Gasteiger partial charge is 0.312 e. The van der Waals surface area contributed by atoms with Crippen molar-refractivity contribution in [2.45, 2.75) is 13.0 Å². The van der Waals surface area contributed by atoms with Crippen molar-refractivity contribution in [1.82, 2.24) is 30.7 Å². The predicted octanol–water partition coefficient (Wildman–Crippen LogP) is 1.53. The van der Waals surface area contributed by atoms with E-state index in [2.05, 4.69) is 42.8 Å². The number of aromatic nitrogens is 5. The van der Waals surface area contributed by atoms with Crippen LogP contribution in [-0.4, -0.2) is 31.9 Å². The fourth-order valence-corrected chi connectivity index (χ4v) is 2.08. The van der Waals surface area contributed by atoms with Gasteiger partial charge in [0, 0.05) is 25.1 Å². The normalized spacial score (nSPS) is 10.8. The molecule has 2 heterocycles. The first kappa shape index (κ1) is 12.6. The first-order valence-corrected chi connectivity index (χ1v) is 6.56. The molecule has 6 nitrogen and oxygen atoms in total. The minimum Gasteiger partial charge on any atom is -0.312 e. The Labute approximate surface area is 116 Å². The lowest BCUT2D eigenvalue weighted by Gasteiger charge is -2.05. The quantitative estimate of drug-likeness (QED) is 0.592. The van der Waals surface area contributed by atoms with Crippen LogP contribution in [0.4, 0.5) is 0 Å². The topological polar surface area (TPSA) is 82.3 Å². The van der Waals surface area contributed by atoms with Gasteiger partial charge in [0.1, 0.15) is 12.2 Å². The Balaban J connectivity index is 1.57. The van der Waals surface area contributed by atoms with Gasteiger partial charge in [-0.15, -0.1) is 0 Å². The Hall–Kier alpha value is -2.47. The van der Waals surface area contributed by atoms with Gasteiger partial charge in [-0.1, -0.05) is 30.3 Å². The van der Waals surface area contributed by atoms with E-state index in [0.29, 0.717) is 0 Å². The molecule has 0 radical (unpaired) electrons. The molecule has 0 aliphatic carbocycles. The van der Waals surface area contributed by atoms with E-state index < -0.39 is 0 Å². The van der Waals surface area contributed by atoms with Crippen LogP contribution in [0, 0.1) is 0 Å². The fourth-order valence-electron chi connectivity index (χ4n) is 2.08. The third-order valence-corrected chi connectivity index (χ3v) is 3.10. The molecule has 0 fully saturated rings. The molecule has 20 heavy (non-hydrogen) atoms. The van der Waals surface area contributed by atoms with Crippen molar-refractivity contribution in [1.29, 1.82) is 0 Å². The molecule has 0 unspecified atom stereocenters. The molecule has 0 saturated heterocycles. The summed E-state index contributed by atoms with van der Waals surface area (Å²) in [6.45, 7) is 1.61. The Kier molecular flexibility index (Phi) is 3.84. The molecule has 0 saturated carbocycles. The van der Waals surface area contributed by atoms with E-state index in [1.807, 2.05) is 24.4 Å². The van der Waals surface area contributed by atoms with Gasteiger partial charge in [0.05, 0.1) is 11.9 Å². The molecule has 0 amide bonds. The number of nitrogens with one attached hydrogen (secondary N) is 3. The van der Waals surface area contributed by atoms with Crippen LogP contribution in [0.5, 0.6) is 0 Å². The van der Waals surface area contributed by atoms with Crippen molar-refractivity contribution >= 4 is 0 Å². The molecular weight excluding hydrogens is 252 g/mol. The van der Waals surface area contributed by atoms with E-state index in [1.54, 1.807) is 0 Å². The van der Waals surface area contributed by atoms with Crippen molar-refractivity contribution in [3.05, 3.63) is 54.2 Å². The summed E-state index contributed by atoms with van der Waals surface area (Å²) in [5, 5.41) is 17.3. The summed E-state index contributed by atoms with van der Waals surface area (Å²) in [7, 11) is 0. The maximum absolute atomic E-state index is 4.13. The van der Waals surface area contributed by atoms with Crippen LogP contribution < -0.4 is 5.32 Å². The monoisotopic (exact) mass is 268 g/mol. The Morgan fingerprint density at radius 2 is 1.95 bits per heavy atom. The summed E-state index contributed by atoms with van der Waals surface area (Å²) in [6.07, 6.45) is 4.22. The summed E-state index contributed by atoms with van der Waals surface area (Å²) in [5.74, 6) is 0.896. The average molecular weight is 268 g/mol. The van der Waals surface area contributed by atoms with Gasteiger partial charge < -0.3 is 5.32 Å². The zero-order valence-electron chi connectivity index (χ0n) is 11.0. The molecule has 102 valence electrons. The highest BCUT2D eigenvalue weighted by Crippen LogP contribution is 2.20. The molecule has 3 rings (SSSR count). The van der Waals surface area contributed by atoms with Gasteiger partial charge in [-0.25, -0.2) is 4.98 Å². The maximum Gasteiger partial charge on any atom is 0.137 e. The van der Waals surface area contributed by atoms with Crippen molar-refractivity contribution < 1.29 is 0 Å². The molecule has 0 bridgehead atoms. The first-order chi connectivity index (χ1) is 9.93. The van der Waals surface area contributed by atoms with Crippen molar-refractivity contribution in [3.8, 4) is 11.3 Å². The molecule has 0 aliphatic heterocycles. The van der Waals surface area contributed by atoms with E-state index in [4.69, 9.17) is 0 Å². The number of hydrogen-bond donors (Lipinski definition) is 3. The highest BCUT2D eigenvalue weighted by atomic mass is 15.2. The number of nitrogens with zero attached hydrogens (tertiary/aromatic N) is 3. The summed E-state index contributed by atoms with van der Waals surface area (Å²) >= 11 is 0. The first-order valence-electron chi connectivity index (χ1n) is 6.56. The lowest BCUT2D eigenvalue weighted by molar-refractivity contribution is 0.672. The lowest BCUT2D eigenvalue weighted by Crippen LogP contribution is -2.17.